The van der Waals surface area contributed by atoms with Crippen molar-refractivity contribution in [2.24, 2.45) is 0 Å². The van der Waals surface area contributed by atoms with Crippen molar-refractivity contribution < 1.29 is 15.0 Å². The molecule has 1 amide bonds. The zero-order valence-corrected chi connectivity index (χ0v) is 46.9. The van der Waals surface area contributed by atoms with E-state index >= 15 is 0 Å². The van der Waals surface area contributed by atoms with Crippen LogP contribution < -0.4 is 5.32 Å². The third-order valence-corrected chi connectivity index (χ3v) is 12.8. The van der Waals surface area contributed by atoms with Gasteiger partial charge in [-0.1, -0.05) is 295 Å². The van der Waals surface area contributed by atoms with Gasteiger partial charge in [0.1, 0.15) is 0 Å². The molecule has 2 atom stereocenters. The van der Waals surface area contributed by atoms with Crippen LogP contribution in [-0.2, 0) is 4.79 Å². The number of carbonyl (C=O) groups is 1. The lowest BCUT2D eigenvalue weighted by Gasteiger charge is -2.20. The lowest BCUT2D eigenvalue weighted by molar-refractivity contribution is -0.123. The minimum absolute atomic E-state index is 0.0797. The highest BCUT2D eigenvalue weighted by Crippen LogP contribution is 2.15. The molecule has 408 valence electrons. The maximum Gasteiger partial charge on any atom is 0.220 e. The van der Waals surface area contributed by atoms with Crippen molar-refractivity contribution in [1.29, 1.82) is 0 Å². The number of aliphatic hydroxyl groups is 2. The second kappa shape index (κ2) is 61.6. The molecule has 0 aliphatic heterocycles. The molecule has 2 unspecified atom stereocenters. The summed E-state index contributed by atoms with van der Waals surface area (Å²) >= 11 is 0. The summed E-state index contributed by atoms with van der Waals surface area (Å²) in [6, 6.07) is -0.639. The van der Waals surface area contributed by atoms with Crippen LogP contribution in [0.4, 0.5) is 0 Å². The summed E-state index contributed by atoms with van der Waals surface area (Å²) in [6.45, 7) is 4.19. The number of hydrogen-bond acceptors (Lipinski definition) is 3. The Hall–Kier alpha value is -3.73. The normalized spacial score (nSPS) is 13.9. The molecule has 0 saturated heterocycles. The van der Waals surface area contributed by atoms with Crippen LogP contribution >= 0.6 is 0 Å². The van der Waals surface area contributed by atoms with Crippen LogP contribution in [0.5, 0.6) is 0 Å². The molecule has 0 heterocycles. The summed E-state index contributed by atoms with van der Waals surface area (Å²) in [5.41, 5.74) is 0. The quantitative estimate of drug-likeness (QED) is 0.0420. The molecule has 4 heteroatoms. The molecule has 4 nitrogen and oxygen atoms in total. The van der Waals surface area contributed by atoms with Gasteiger partial charge in [0, 0.05) is 6.42 Å². The van der Waals surface area contributed by atoms with Crippen LogP contribution in [0.15, 0.2) is 146 Å². The van der Waals surface area contributed by atoms with Crippen LogP contribution in [0, 0.1) is 0 Å². The van der Waals surface area contributed by atoms with E-state index in [4.69, 9.17) is 0 Å². The van der Waals surface area contributed by atoms with E-state index in [9.17, 15) is 15.0 Å². The summed E-state index contributed by atoms with van der Waals surface area (Å²) < 4.78 is 0. The van der Waals surface area contributed by atoms with Gasteiger partial charge in [0.15, 0.2) is 0 Å². The van der Waals surface area contributed by atoms with Crippen molar-refractivity contribution in [3.63, 3.8) is 0 Å². The van der Waals surface area contributed by atoms with E-state index in [1.165, 1.54) is 128 Å². The largest absolute Gasteiger partial charge is 0.394 e. The third kappa shape index (κ3) is 57.2. The second-order valence-electron chi connectivity index (χ2n) is 19.7. The summed E-state index contributed by atoms with van der Waals surface area (Å²) in [6.07, 6.45) is 97.2. The number of hydrogen-bond donors (Lipinski definition) is 3. The molecular weight excluding hydrogens is 879 g/mol. The van der Waals surface area contributed by atoms with Crippen LogP contribution in [0.2, 0.25) is 0 Å². The molecule has 0 aliphatic carbocycles. The van der Waals surface area contributed by atoms with E-state index in [-0.39, 0.29) is 12.5 Å². The number of unbranched alkanes of at least 4 members (excludes halogenated alkanes) is 24. The van der Waals surface area contributed by atoms with Gasteiger partial charge in [0.05, 0.1) is 18.8 Å². The van der Waals surface area contributed by atoms with Gasteiger partial charge >= 0.3 is 0 Å². The first-order valence-electron chi connectivity index (χ1n) is 30.0. The Morgan fingerprint density at radius 3 is 0.917 bits per heavy atom. The van der Waals surface area contributed by atoms with Crippen molar-refractivity contribution in [3.05, 3.63) is 146 Å². The molecule has 0 bridgehead atoms. The number of allylic oxidation sites excluding steroid dienone is 23. The van der Waals surface area contributed by atoms with Gasteiger partial charge in [-0.15, -0.1) is 0 Å². The van der Waals surface area contributed by atoms with Gasteiger partial charge in [-0.25, -0.2) is 0 Å². The minimum Gasteiger partial charge on any atom is -0.394 e. The Kier molecular flexibility index (Phi) is 58.4. The highest BCUT2D eigenvalue weighted by Gasteiger charge is 2.18. The average molecular weight is 993 g/mol. The van der Waals surface area contributed by atoms with Gasteiger partial charge in [-0.05, 0) is 103 Å². The fourth-order valence-corrected chi connectivity index (χ4v) is 8.30. The molecule has 0 aromatic rings. The monoisotopic (exact) mass is 992 g/mol. The van der Waals surface area contributed by atoms with E-state index in [2.05, 4.69) is 153 Å². The summed E-state index contributed by atoms with van der Waals surface area (Å²) in [5.74, 6) is -0.0797. The predicted molar refractivity (Wildman–Crippen MR) is 321 cm³/mol. The Bertz CT molecular complexity index is 1500. The fraction of sp³-hybridized carbons (Fsp3) is 0.632. The molecule has 0 spiro atoms. The van der Waals surface area contributed by atoms with Crippen LogP contribution in [0.3, 0.4) is 0 Å². The number of amides is 1. The van der Waals surface area contributed by atoms with Gasteiger partial charge < -0.3 is 15.5 Å². The standard InChI is InChI=1S/C68H113NO3/c1-3-5-7-9-11-13-15-17-19-21-23-24-25-26-27-28-29-30-31-32-33-34-35-36-37-38-39-40-41-42-43-44-46-48-50-52-54-56-58-60-62-64-68(72)69-66(65-70)67(71)63-61-59-57-55-53-51-49-47-45-22-20-18-16-14-12-10-8-6-4-2/h5,7,11,13,17,19,23-24,26-27,29-30,32-33,35-36,38-39,41-42,44,46,61,63,66-67,70-71H,3-4,6,8-10,12,14-16,18,20-22,25,28,31,34,37,40,43,45,47-60,62,64-65H2,1-2H3,(H,69,72)/b7-5-,13-11-,19-17-,24-23-,27-26-,30-29-,33-32-,36-35-,39-38-,42-41-,46-44-,63-61+. The second-order valence-corrected chi connectivity index (χ2v) is 19.7. The van der Waals surface area contributed by atoms with Crippen molar-refractivity contribution in [3.8, 4) is 0 Å². The van der Waals surface area contributed by atoms with E-state index < -0.39 is 12.1 Å². The van der Waals surface area contributed by atoms with Crippen molar-refractivity contribution in [1.82, 2.24) is 5.32 Å². The SMILES string of the molecule is CC/C=C\C/C=C\C/C=C\C/C=C\C/C=C\C/C=C\C/C=C\C/C=C\C/C=C\C/C=C\C/C=C\CCCCCCCCCC(=O)NC(CO)C(O)/C=C/CCCCCCCCCCCCCCCCCCC. The molecule has 0 aromatic heterocycles. The maximum absolute atomic E-state index is 12.5. The van der Waals surface area contributed by atoms with Gasteiger partial charge in [0.2, 0.25) is 5.91 Å². The molecule has 0 aromatic carbocycles. The number of aliphatic hydroxyl groups excluding tert-OH is 2. The first-order chi connectivity index (χ1) is 35.7. The molecule has 0 rings (SSSR count). The summed E-state index contributed by atoms with van der Waals surface area (Å²) in [5, 5.41) is 23.2. The first kappa shape index (κ1) is 68.3. The Labute approximate surface area is 446 Å². The predicted octanol–water partition coefficient (Wildman–Crippen LogP) is 20.4. The Morgan fingerprint density at radius 1 is 0.347 bits per heavy atom. The minimum atomic E-state index is -0.854. The lowest BCUT2D eigenvalue weighted by Crippen LogP contribution is -2.45. The molecule has 0 saturated carbocycles. The van der Waals surface area contributed by atoms with E-state index in [1.54, 1.807) is 6.08 Å². The Balaban J connectivity index is 3.65. The van der Waals surface area contributed by atoms with Crippen molar-refractivity contribution >= 4 is 5.91 Å². The number of carbonyl (C=O) groups excluding carboxylic acids is 1. The smallest absolute Gasteiger partial charge is 0.220 e. The van der Waals surface area contributed by atoms with E-state index in [0.717, 1.165) is 109 Å². The number of nitrogens with one attached hydrogen (secondary N) is 1. The van der Waals surface area contributed by atoms with E-state index in [1.807, 2.05) is 6.08 Å². The zero-order chi connectivity index (χ0) is 52.0. The summed E-state index contributed by atoms with van der Waals surface area (Å²) in [4.78, 5) is 12.5. The molecule has 0 fully saturated rings. The lowest BCUT2D eigenvalue weighted by atomic mass is 10.0. The highest BCUT2D eigenvalue weighted by molar-refractivity contribution is 5.76. The van der Waals surface area contributed by atoms with Crippen LogP contribution in [-0.4, -0.2) is 34.9 Å². The molecule has 3 N–H and O–H groups in total. The zero-order valence-electron chi connectivity index (χ0n) is 46.9. The van der Waals surface area contributed by atoms with Gasteiger partial charge in [-0.2, -0.15) is 0 Å². The topological polar surface area (TPSA) is 69.6 Å². The first-order valence-corrected chi connectivity index (χ1v) is 30.0. The highest BCUT2D eigenvalue weighted by atomic mass is 16.3. The van der Waals surface area contributed by atoms with E-state index in [0.29, 0.717) is 6.42 Å². The van der Waals surface area contributed by atoms with Crippen LogP contribution in [0.1, 0.15) is 258 Å². The molecule has 72 heavy (non-hydrogen) atoms. The molecule has 0 radical (unpaired) electrons. The Morgan fingerprint density at radius 2 is 0.611 bits per heavy atom. The number of rotatable bonds is 53. The summed E-state index contributed by atoms with van der Waals surface area (Å²) in [7, 11) is 0. The van der Waals surface area contributed by atoms with Crippen molar-refractivity contribution in [2.75, 3.05) is 6.61 Å². The molecular formula is C68H113NO3. The van der Waals surface area contributed by atoms with Crippen molar-refractivity contribution in [2.45, 2.75) is 270 Å². The third-order valence-electron chi connectivity index (χ3n) is 12.8. The fourth-order valence-electron chi connectivity index (χ4n) is 8.30. The van der Waals surface area contributed by atoms with Gasteiger partial charge in [0.25, 0.3) is 0 Å². The van der Waals surface area contributed by atoms with Gasteiger partial charge in [-0.3, -0.25) is 4.79 Å². The van der Waals surface area contributed by atoms with Crippen LogP contribution in [0.25, 0.3) is 0 Å². The average Bonchev–Trinajstić information content (AvgIpc) is 3.39. The molecule has 0 aliphatic rings. The maximum atomic E-state index is 12.5.